The number of aromatic nitrogens is 2. The molecule has 0 aromatic carbocycles. The fraction of sp³-hybridized carbons (Fsp3) is 0.667. The lowest BCUT2D eigenvalue weighted by Gasteiger charge is -2.21. The van der Waals surface area contributed by atoms with Crippen LogP contribution in [-0.4, -0.2) is 38.9 Å². The first-order chi connectivity index (χ1) is 9.43. The Labute approximate surface area is 116 Å². The summed E-state index contributed by atoms with van der Waals surface area (Å²) >= 11 is 0. The van der Waals surface area contributed by atoms with Crippen molar-refractivity contribution in [3.8, 4) is 0 Å². The molecule has 20 heavy (non-hydrogen) atoms. The molecule has 1 saturated carbocycles. The van der Waals surface area contributed by atoms with E-state index < -0.39 is 10.9 Å². The van der Waals surface area contributed by atoms with Crippen LogP contribution in [0.5, 0.6) is 0 Å². The number of carboxylic acids is 1. The summed E-state index contributed by atoms with van der Waals surface area (Å²) in [7, 11) is 1.61. The van der Waals surface area contributed by atoms with Crippen LogP contribution in [0.25, 0.3) is 0 Å². The fourth-order valence-corrected chi connectivity index (χ4v) is 2.34. The van der Waals surface area contributed by atoms with Gasteiger partial charge in [-0.3, -0.25) is 14.9 Å². The molecule has 1 fully saturated rings. The van der Waals surface area contributed by atoms with Gasteiger partial charge in [0, 0.05) is 13.6 Å². The van der Waals surface area contributed by atoms with Crippen molar-refractivity contribution in [2.75, 3.05) is 18.0 Å². The van der Waals surface area contributed by atoms with Crippen LogP contribution in [0.2, 0.25) is 0 Å². The van der Waals surface area contributed by atoms with Crippen molar-refractivity contribution in [2.45, 2.75) is 26.2 Å². The van der Waals surface area contributed by atoms with E-state index in [0.717, 1.165) is 12.8 Å². The molecule has 8 heteroatoms. The van der Waals surface area contributed by atoms with Crippen molar-refractivity contribution < 1.29 is 14.8 Å². The Hall–Kier alpha value is -2.12. The number of rotatable bonds is 7. The lowest BCUT2D eigenvalue weighted by Crippen LogP contribution is -2.33. The van der Waals surface area contributed by atoms with Gasteiger partial charge in [0.15, 0.2) is 0 Å². The van der Waals surface area contributed by atoms with Crippen molar-refractivity contribution in [1.29, 1.82) is 0 Å². The van der Waals surface area contributed by atoms with E-state index in [-0.39, 0.29) is 12.2 Å². The molecule has 2 rings (SSSR count). The molecule has 0 bridgehead atoms. The Morgan fingerprint density at radius 2 is 2.25 bits per heavy atom. The number of nitrogens with zero attached hydrogens (tertiary/aromatic N) is 4. The van der Waals surface area contributed by atoms with E-state index in [2.05, 4.69) is 5.10 Å². The molecule has 8 nitrogen and oxygen atoms in total. The molecule has 1 heterocycles. The van der Waals surface area contributed by atoms with Crippen molar-refractivity contribution >= 4 is 17.5 Å². The number of hydrogen-bond acceptors (Lipinski definition) is 5. The van der Waals surface area contributed by atoms with Crippen molar-refractivity contribution in [3.05, 3.63) is 15.8 Å². The predicted molar refractivity (Wildman–Crippen MR) is 71.8 cm³/mol. The first kappa shape index (κ1) is 14.3. The van der Waals surface area contributed by atoms with E-state index >= 15 is 0 Å². The summed E-state index contributed by atoms with van der Waals surface area (Å²) in [6.07, 6.45) is 2.53. The fourth-order valence-electron chi connectivity index (χ4n) is 2.34. The Bertz CT molecular complexity index is 536. The van der Waals surface area contributed by atoms with E-state index in [4.69, 9.17) is 5.11 Å². The Balaban J connectivity index is 2.41. The topological polar surface area (TPSA) is 102 Å². The second-order valence-electron chi connectivity index (χ2n) is 5.07. The Morgan fingerprint density at radius 1 is 1.60 bits per heavy atom. The van der Waals surface area contributed by atoms with Gasteiger partial charge in [0.25, 0.3) is 0 Å². The third-order valence-electron chi connectivity index (χ3n) is 3.38. The molecule has 0 saturated heterocycles. The third kappa shape index (κ3) is 2.89. The number of aliphatic carboxylic acids is 1. The molecular formula is C12H18N4O4. The van der Waals surface area contributed by atoms with Crippen LogP contribution >= 0.6 is 0 Å². The molecule has 110 valence electrons. The van der Waals surface area contributed by atoms with E-state index in [9.17, 15) is 14.9 Å². The van der Waals surface area contributed by atoms with Crippen LogP contribution < -0.4 is 4.90 Å². The predicted octanol–water partition coefficient (Wildman–Crippen LogP) is 1.19. The number of carboxylic acid groups (broad SMARTS) is 1. The molecule has 1 aliphatic carbocycles. The van der Waals surface area contributed by atoms with Gasteiger partial charge in [0.1, 0.15) is 12.2 Å². The molecule has 1 aromatic heterocycles. The van der Waals surface area contributed by atoms with Gasteiger partial charge in [-0.15, -0.1) is 0 Å². The molecule has 0 unspecified atom stereocenters. The van der Waals surface area contributed by atoms with Crippen LogP contribution in [0.15, 0.2) is 0 Å². The highest BCUT2D eigenvalue weighted by atomic mass is 16.6. The number of aryl methyl sites for hydroxylation is 2. The quantitative estimate of drug-likeness (QED) is 0.595. The normalized spacial score (nSPS) is 14.3. The van der Waals surface area contributed by atoms with E-state index in [1.165, 1.54) is 4.68 Å². The molecule has 1 aromatic rings. The summed E-state index contributed by atoms with van der Waals surface area (Å²) in [5, 5.41) is 24.5. The summed E-state index contributed by atoms with van der Waals surface area (Å²) in [5.74, 6) is -0.283. The number of nitro groups is 1. The minimum absolute atomic E-state index is 0.0723. The van der Waals surface area contributed by atoms with Crippen LogP contribution in [0, 0.1) is 16.0 Å². The maximum Gasteiger partial charge on any atom is 0.334 e. The van der Waals surface area contributed by atoms with E-state index in [1.807, 2.05) is 0 Å². The van der Waals surface area contributed by atoms with Gasteiger partial charge in [-0.05, 0) is 25.2 Å². The van der Waals surface area contributed by atoms with E-state index in [1.54, 1.807) is 18.9 Å². The SMILES string of the molecule is CCc1nn(C)c(N(CC(=O)O)CC2CC2)c1[N+](=O)[O-]. The van der Waals surface area contributed by atoms with Crippen molar-refractivity contribution in [1.82, 2.24) is 9.78 Å². The summed E-state index contributed by atoms with van der Waals surface area (Å²) in [4.78, 5) is 23.4. The summed E-state index contributed by atoms with van der Waals surface area (Å²) in [6.45, 7) is 2.07. The molecule has 0 atom stereocenters. The zero-order chi connectivity index (χ0) is 14.9. The van der Waals surface area contributed by atoms with E-state index in [0.29, 0.717) is 30.4 Å². The smallest absolute Gasteiger partial charge is 0.334 e. The summed E-state index contributed by atoms with van der Waals surface area (Å²) in [6, 6.07) is 0. The maximum atomic E-state index is 11.3. The number of carbonyl (C=O) groups is 1. The lowest BCUT2D eigenvalue weighted by molar-refractivity contribution is -0.384. The van der Waals surface area contributed by atoms with Gasteiger partial charge in [-0.2, -0.15) is 5.10 Å². The van der Waals surface area contributed by atoms with Gasteiger partial charge >= 0.3 is 11.7 Å². The summed E-state index contributed by atoms with van der Waals surface area (Å²) < 4.78 is 1.42. The number of hydrogen-bond donors (Lipinski definition) is 1. The maximum absolute atomic E-state index is 11.3. The average molecular weight is 282 g/mol. The molecule has 0 aliphatic heterocycles. The largest absolute Gasteiger partial charge is 0.480 e. The zero-order valence-corrected chi connectivity index (χ0v) is 11.6. The van der Waals surface area contributed by atoms with Crippen LogP contribution in [-0.2, 0) is 18.3 Å². The van der Waals surface area contributed by atoms with Crippen molar-refractivity contribution in [3.63, 3.8) is 0 Å². The van der Waals surface area contributed by atoms with Gasteiger partial charge < -0.3 is 10.0 Å². The average Bonchev–Trinajstić information content (AvgIpc) is 3.09. The Kier molecular flexibility index (Phi) is 3.91. The molecule has 0 spiro atoms. The molecule has 0 radical (unpaired) electrons. The number of anilines is 1. The Morgan fingerprint density at radius 3 is 2.70 bits per heavy atom. The highest BCUT2D eigenvalue weighted by molar-refractivity contribution is 5.75. The zero-order valence-electron chi connectivity index (χ0n) is 11.6. The first-order valence-corrected chi connectivity index (χ1v) is 6.61. The minimum Gasteiger partial charge on any atom is -0.480 e. The van der Waals surface area contributed by atoms with Crippen LogP contribution in [0.4, 0.5) is 11.5 Å². The van der Waals surface area contributed by atoms with Gasteiger partial charge in [-0.25, -0.2) is 4.68 Å². The summed E-state index contributed by atoms with van der Waals surface area (Å²) in [5.41, 5.74) is 0.315. The van der Waals surface area contributed by atoms with Gasteiger partial charge in [-0.1, -0.05) is 6.92 Å². The third-order valence-corrected chi connectivity index (χ3v) is 3.38. The molecule has 1 N–H and O–H groups in total. The standard InChI is InChI=1S/C12H18N4O4/c1-3-9-11(16(19)20)12(14(2)13-9)15(7-10(17)18)6-8-4-5-8/h8H,3-7H2,1-2H3,(H,17,18). The second kappa shape index (κ2) is 5.48. The first-order valence-electron chi connectivity index (χ1n) is 6.61. The van der Waals surface area contributed by atoms with Crippen molar-refractivity contribution in [2.24, 2.45) is 13.0 Å². The molecule has 1 aliphatic rings. The van der Waals surface area contributed by atoms with Gasteiger partial charge in [0.05, 0.1) is 4.92 Å². The van der Waals surface area contributed by atoms with Gasteiger partial charge in [0.2, 0.25) is 5.82 Å². The van der Waals surface area contributed by atoms with Crippen LogP contribution in [0.3, 0.4) is 0 Å². The van der Waals surface area contributed by atoms with Crippen LogP contribution in [0.1, 0.15) is 25.5 Å². The highest BCUT2D eigenvalue weighted by Crippen LogP contribution is 2.36. The molecular weight excluding hydrogens is 264 g/mol. The molecule has 0 amide bonds. The lowest BCUT2D eigenvalue weighted by atomic mass is 10.2. The highest BCUT2D eigenvalue weighted by Gasteiger charge is 2.33. The minimum atomic E-state index is -1.00. The monoisotopic (exact) mass is 282 g/mol. The second-order valence-corrected chi connectivity index (χ2v) is 5.07.